The topological polar surface area (TPSA) is 49.6 Å². The summed E-state index contributed by atoms with van der Waals surface area (Å²) in [5, 5.41) is 0. The first-order valence-electron chi connectivity index (χ1n) is 5.23. The first-order valence-corrected chi connectivity index (χ1v) is 5.23. The molecule has 2 N–H and O–H groups in total. The first-order chi connectivity index (χ1) is 7.86. The maximum atomic E-state index is 12.8. The fourth-order valence-electron chi connectivity index (χ4n) is 1.65. The Bertz CT molecular complexity index is 267. The van der Waals surface area contributed by atoms with Crippen molar-refractivity contribution in [2.24, 2.45) is 5.73 Å². The summed E-state index contributed by atoms with van der Waals surface area (Å²) in [5.74, 6) is -4.26. The molecular formula is C9H15F4N3O. The number of nitrogens with zero attached hydrogens (tertiary/aromatic N) is 2. The number of rotatable bonds is 4. The summed E-state index contributed by atoms with van der Waals surface area (Å²) in [6.07, 6.45) is -3.66. The zero-order valence-corrected chi connectivity index (χ0v) is 9.21. The summed E-state index contributed by atoms with van der Waals surface area (Å²) in [6.45, 7) is -0.296. The summed E-state index contributed by atoms with van der Waals surface area (Å²) >= 11 is 0. The molecule has 0 aromatic carbocycles. The molecule has 1 rings (SSSR count). The molecule has 1 amide bonds. The third-order valence-corrected chi connectivity index (χ3v) is 2.65. The minimum atomic E-state index is -4.00. The highest BCUT2D eigenvalue weighted by Crippen LogP contribution is 2.24. The molecule has 0 aliphatic carbocycles. The van der Waals surface area contributed by atoms with Gasteiger partial charge in [-0.2, -0.15) is 8.78 Å². The lowest BCUT2D eigenvalue weighted by Gasteiger charge is -2.35. The van der Waals surface area contributed by atoms with Crippen molar-refractivity contribution in [3.63, 3.8) is 0 Å². The Labute approximate surface area is 96.3 Å². The Balaban J connectivity index is 2.40. The van der Waals surface area contributed by atoms with E-state index in [2.05, 4.69) is 0 Å². The fraction of sp³-hybridized carbons (Fsp3) is 0.889. The highest BCUT2D eigenvalue weighted by atomic mass is 19.3. The molecule has 100 valence electrons. The second-order valence-corrected chi connectivity index (χ2v) is 3.92. The molecule has 1 aliphatic heterocycles. The Morgan fingerprint density at radius 1 is 1.24 bits per heavy atom. The van der Waals surface area contributed by atoms with Gasteiger partial charge in [-0.3, -0.25) is 9.69 Å². The van der Waals surface area contributed by atoms with Gasteiger partial charge in [-0.1, -0.05) is 0 Å². The van der Waals surface area contributed by atoms with Crippen LogP contribution in [0.5, 0.6) is 0 Å². The van der Waals surface area contributed by atoms with Crippen molar-refractivity contribution in [1.82, 2.24) is 9.80 Å². The van der Waals surface area contributed by atoms with Gasteiger partial charge in [0.2, 0.25) is 5.91 Å². The smallest absolute Gasteiger partial charge is 0.319 e. The predicted molar refractivity (Wildman–Crippen MR) is 53.0 cm³/mol. The standard InChI is InChI=1S/C9H15F4N3O/c10-8(11)9(12,13)6-15-1-3-16(4-2-15)7(17)5-14/h8H,1-6,14H2. The molecule has 1 heterocycles. The van der Waals surface area contributed by atoms with Gasteiger partial charge in [0.05, 0.1) is 13.1 Å². The van der Waals surface area contributed by atoms with Crippen molar-refractivity contribution < 1.29 is 22.4 Å². The monoisotopic (exact) mass is 257 g/mol. The summed E-state index contributed by atoms with van der Waals surface area (Å²) in [5.41, 5.74) is 5.16. The molecule has 0 spiro atoms. The van der Waals surface area contributed by atoms with E-state index < -0.39 is 18.9 Å². The number of amides is 1. The van der Waals surface area contributed by atoms with E-state index in [1.165, 1.54) is 9.80 Å². The second kappa shape index (κ2) is 5.63. The number of hydrogen-bond acceptors (Lipinski definition) is 3. The van der Waals surface area contributed by atoms with Crippen LogP contribution in [0.25, 0.3) is 0 Å². The summed E-state index contributed by atoms with van der Waals surface area (Å²) in [7, 11) is 0. The van der Waals surface area contributed by atoms with Crippen molar-refractivity contribution in [3.8, 4) is 0 Å². The number of alkyl halides is 4. The molecule has 0 atom stereocenters. The van der Waals surface area contributed by atoms with Crippen LogP contribution in [-0.4, -0.2) is 67.3 Å². The lowest BCUT2D eigenvalue weighted by Crippen LogP contribution is -2.53. The molecule has 0 radical (unpaired) electrons. The van der Waals surface area contributed by atoms with E-state index in [0.29, 0.717) is 0 Å². The van der Waals surface area contributed by atoms with Crippen LogP contribution in [0.3, 0.4) is 0 Å². The first kappa shape index (κ1) is 14.2. The second-order valence-electron chi connectivity index (χ2n) is 3.92. The quantitative estimate of drug-likeness (QED) is 0.721. The third-order valence-electron chi connectivity index (χ3n) is 2.65. The predicted octanol–water partition coefficient (Wildman–Crippen LogP) is -0.0103. The molecule has 0 aromatic heterocycles. The maximum Gasteiger partial charge on any atom is 0.319 e. The van der Waals surface area contributed by atoms with E-state index in [0.717, 1.165) is 0 Å². The highest BCUT2D eigenvalue weighted by Gasteiger charge is 2.42. The van der Waals surface area contributed by atoms with Crippen LogP contribution < -0.4 is 5.73 Å². The van der Waals surface area contributed by atoms with Gasteiger partial charge in [0.15, 0.2) is 0 Å². The molecule has 1 saturated heterocycles. The lowest BCUT2D eigenvalue weighted by atomic mass is 10.2. The zero-order valence-electron chi connectivity index (χ0n) is 9.21. The molecule has 0 saturated carbocycles. The molecule has 1 fully saturated rings. The van der Waals surface area contributed by atoms with Gasteiger partial charge in [0.1, 0.15) is 0 Å². The Morgan fingerprint density at radius 3 is 2.18 bits per heavy atom. The number of nitrogens with two attached hydrogens (primary N) is 1. The van der Waals surface area contributed by atoms with Crippen LogP contribution in [0.2, 0.25) is 0 Å². The minimum absolute atomic E-state index is 0.132. The molecule has 4 nitrogen and oxygen atoms in total. The van der Waals surface area contributed by atoms with E-state index in [-0.39, 0.29) is 38.6 Å². The van der Waals surface area contributed by atoms with Crippen LogP contribution in [0.15, 0.2) is 0 Å². The number of hydrogen-bond donors (Lipinski definition) is 1. The molecular weight excluding hydrogens is 242 g/mol. The molecule has 0 aromatic rings. The van der Waals surface area contributed by atoms with Crippen LogP contribution in [0.1, 0.15) is 0 Å². The molecule has 0 bridgehead atoms. The van der Waals surface area contributed by atoms with Gasteiger partial charge in [0.25, 0.3) is 0 Å². The minimum Gasteiger partial charge on any atom is -0.339 e. The van der Waals surface area contributed by atoms with Crippen LogP contribution in [0, 0.1) is 0 Å². The van der Waals surface area contributed by atoms with Gasteiger partial charge in [-0.05, 0) is 0 Å². The average molecular weight is 257 g/mol. The third kappa shape index (κ3) is 3.81. The average Bonchev–Trinajstić information content (AvgIpc) is 2.28. The van der Waals surface area contributed by atoms with Crippen molar-refractivity contribution in [2.75, 3.05) is 39.3 Å². The van der Waals surface area contributed by atoms with E-state index in [9.17, 15) is 22.4 Å². The van der Waals surface area contributed by atoms with Crippen molar-refractivity contribution >= 4 is 5.91 Å². The van der Waals surface area contributed by atoms with Crippen LogP contribution >= 0.6 is 0 Å². The van der Waals surface area contributed by atoms with Gasteiger partial charge >= 0.3 is 12.3 Å². The maximum absolute atomic E-state index is 12.8. The lowest BCUT2D eigenvalue weighted by molar-refractivity contribution is -0.147. The van der Waals surface area contributed by atoms with Gasteiger partial charge in [-0.15, -0.1) is 0 Å². The molecule has 1 aliphatic rings. The molecule has 8 heteroatoms. The number of halogens is 4. The number of piperazine rings is 1. The molecule has 0 unspecified atom stereocenters. The van der Waals surface area contributed by atoms with Gasteiger partial charge < -0.3 is 10.6 Å². The largest absolute Gasteiger partial charge is 0.339 e. The highest BCUT2D eigenvalue weighted by molar-refractivity contribution is 5.78. The normalized spacial score (nSPS) is 18.8. The van der Waals surface area contributed by atoms with Crippen molar-refractivity contribution in [3.05, 3.63) is 0 Å². The van der Waals surface area contributed by atoms with E-state index >= 15 is 0 Å². The summed E-state index contributed by atoms with van der Waals surface area (Å²) in [6, 6.07) is 0. The molecule has 17 heavy (non-hydrogen) atoms. The zero-order chi connectivity index (χ0) is 13.1. The number of carbonyl (C=O) groups is 1. The van der Waals surface area contributed by atoms with E-state index in [1.54, 1.807) is 0 Å². The van der Waals surface area contributed by atoms with Crippen LogP contribution in [0.4, 0.5) is 17.6 Å². The summed E-state index contributed by atoms with van der Waals surface area (Å²) in [4.78, 5) is 13.9. The van der Waals surface area contributed by atoms with Crippen molar-refractivity contribution in [2.45, 2.75) is 12.3 Å². The summed E-state index contributed by atoms with van der Waals surface area (Å²) < 4.78 is 49.5. The van der Waals surface area contributed by atoms with E-state index in [1.807, 2.05) is 0 Å². The Morgan fingerprint density at radius 2 is 1.76 bits per heavy atom. The van der Waals surface area contributed by atoms with Crippen LogP contribution in [-0.2, 0) is 4.79 Å². The fourth-order valence-corrected chi connectivity index (χ4v) is 1.65. The Kier molecular flexibility index (Phi) is 4.70. The SMILES string of the molecule is NCC(=O)N1CCN(CC(F)(F)C(F)F)CC1. The van der Waals surface area contributed by atoms with Gasteiger partial charge in [-0.25, -0.2) is 8.78 Å². The Hall–Kier alpha value is -0.890. The van der Waals surface area contributed by atoms with E-state index in [4.69, 9.17) is 5.73 Å². The number of carbonyl (C=O) groups excluding carboxylic acids is 1. The van der Waals surface area contributed by atoms with Crippen molar-refractivity contribution in [1.29, 1.82) is 0 Å². The van der Waals surface area contributed by atoms with Gasteiger partial charge in [0, 0.05) is 26.2 Å².